The van der Waals surface area contributed by atoms with Crippen molar-refractivity contribution in [1.82, 2.24) is 20.2 Å². The Balaban J connectivity index is 2.20. The Kier molecular flexibility index (Phi) is 3.31. The number of anilines is 1. The molecular formula is C14H11ClFN5. The minimum absolute atomic E-state index is 0.119. The summed E-state index contributed by atoms with van der Waals surface area (Å²) in [5, 5.41) is 11.6. The highest BCUT2D eigenvalue weighted by atomic mass is 35.5. The van der Waals surface area contributed by atoms with Crippen LogP contribution in [0, 0.1) is 12.7 Å². The highest BCUT2D eigenvalue weighted by Crippen LogP contribution is 2.28. The molecule has 5 nitrogen and oxygen atoms in total. The van der Waals surface area contributed by atoms with Crippen LogP contribution in [0.4, 0.5) is 10.1 Å². The van der Waals surface area contributed by atoms with E-state index in [9.17, 15) is 4.39 Å². The third kappa shape index (κ3) is 2.34. The summed E-state index contributed by atoms with van der Waals surface area (Å²) in [5.74, 6) is -0.103. The maximum Gasteiger partial charge on any atom is 0.187 e. The number of benzene rings is 2. The second-order valence-corrected chi connectivity index (χ2v) is 4.96. The molecule has 0 fully saturated rings. The molecule has 106 valence electrons. The van der Waals surface area contributed by atoms with Crippen LogP contribution in [0.5, 0.6) is 0 Å². The summed E-state index contributed by atoms with van der Waals surface area (Å²) in [7, 11) is 0. The molecule has 3 rings (SSSR count). The number of halogens is 2. The summed E-state index contributed by atoms with van der Waals surface area (Å²) in [6.45, 7) is 1.88. The Morgan fingerprint density at radius 1 is 1.24 bits per heavy atom. The number of aromatic nitrogens is 4. The summed E-state index contributed by atoms with van der Waals surface area (Å²) >= 11 is 6.06. The fraction of sp³-hybridized carbons (Fsp3) is 0.0714. The first-order chi connectivity index (χ1) is 10.1. The Morgan fingerprint density at radius 2 is 2.05 bits per heavy atom. The van der Waals surface area contributed by atoms with Gasteiger partial charge in [0.25, 0.3) is 0 Å². The number of nitrogens with two attached hydrogens (primary N) is 1. The van der Waals surface area contributed by atoms with Crippen molar-refractivity contribution in [2.75, 3.05) is 5.73 Å². The monoisotopic (exact) mass is 303 g/mol. The highest BCUT2D eigenvalue weighted by Gasteiger charge is 2.17. The van der Waals surface area contributed by atoms with E-state index in [1.54, 1.807) is 18.2 Å². The lowest BCUT2D eigenvalue weighted by molar-refractivity contribution is 0.608. The Hall–Kier alpha value is -2.47. The smallest absolute Gasteiger partial charge is 0.187 e. The van der Waals surface area contributed by atoms with Gasteiger partial charge >= 0.3 is 0 Å². The van der Waals surface area contributed by atoms with E-state index in [1.807, 2.05) is 13.0 Å². The molecule has 0 atom stereocenters. The highest BCUT2D eigenvalue weighted by molar-refractivity contribution is 6.32. The van der Waals surface area contributed by atoms with Crippen LogP contribution >= 0.6 is 11.6 Å². The van der Waals surface area contributed by atoms with Gasteiger partial charge in [0.2, 0.25) is 0 Å². The molecule has 0 bridgehead atoms. The average Bonchev–Trinajstić information content (AvgIpc) is 2.91. The van der Waals surface area contributed by atoms with E-state index in [4.69, 9.17) is 17.3 Å². The predicted octanol–water partition coefficient (Wildman–Crippen LogP) is 3.01. The summed E-state index contributed by atoms with van der Waals surface area (Å²) in [4.78, 5) is 0. The topological polar surface area (TPSA) is 69.6 Å². The maximum atomic E-state index is 14.0. The lowest BCUT2D eigenvalue weighted by Crippen LogP contribution is -2.04. The van der Waals surface area contributed by atoms with Gasteiger partial charge in [-0.2, -0.15) is 4.68 Å². The van der Waals surface area contributed by atoms with Crippen molar-refractivity contribution in [1.29, 1.82) is 0 Å². The Labute approximate surface area is 125 Å². The summed E-state index contributed by atoms with van der Waals surface area (Å²) in [6.07, 6.45) is 0. The second kappa shape index (κ2) is 5.14. The van der Waals surface area contributed by atoms with E-state index in [0.717, 1.165) is 11.1 Å². The number of para-hydroxylation sites is 1. The van der Waals surface area contributed by atoms with Crippen LogP contribution < -0.4 is 5.73 Å². The number of hydrogen-bond acceptors (Lipinski definition) is 4. The van der Waals surface area contributed by atoms with Crippen LogP contribution in [0.2, 0.25) is 5.02 Å². The first-order valence-corrected chi connectivity index (χ1v) is 6.55. The maximum absolute atomic E-state index is 14.0. The van der Waals surface area contributed by atoms with Gasteiger partial charge in [-0.05, 0) is 53.2 Å². The molecule has 2 aromatic carbocycles. The molecule has 0 amide bonds. The zero-order valence-corrected chi connectivity index (χ0v) is 11.8. The SMILES string of the molecule is Cc1cc(-c2nnnn2-c2c(F)cccc2Cl)ccc1N. The van der Waals surface area contributed by atoms with Crippen LogP contribution in [0.25, 0.3) is 17.1 Å². The molecule has 0 aliphatic rings. The van der Waals surface area contributed by atoms with Gasteiger partial charge in [0, 0.05) is 11.3 Å². The molecule has 7 heteroatoms. The fourth-order valence-electron chi connectivity index (χ4n) is 2.02. The number of tetrazole rings is 1. The average molecular weight is 304 g/mol. The molecule has 0 saturated heterocycles. The second-order valence-electron chi connectivity index (χ2n) is 4.56. The lowest BCUT2D eigenvalue weighted by atomic mass is 10.1. The van der Waals surface area contributed by atoms with Crippen LogP contribution in [-0.4, -0.2) is 20.2 Å². The van der Waals surface area contributed by atoms with Gasteiger partial charge in [-0.1, -0.05) is 17.7 Å². The minimum atomic E-state index is -0.497. The van der Waals surface area contributed by atoms with Gasteiger partial charge in [-0.3, -0.25) is 0 Å². The van der Waals surface area contributed by atoms with Crippen LogP contribution in [0.3, 0.4) is 0 Å². The fourth-order valence-corrected chi connectivity index (χ4v) is 2.27. The lowest BCUT2D eigenvalue weighted by Gasteiger charge is -2.08. The summed E-state index contributed by atoms with van der Waals surface area (Å²) in [6, 6.07) is 9.79. The molecular weight excluding hydrogens is 293 g/mol. The Morgan fingerprint density at radius 3 is 2.76 bits per heavy atom. The van der Waals surface area contributed by atoms with Gasteiger partial charge in [0.1, 0.15) is 5.69 Å². The third-order valence-electron chi connectivity index (χ3n) is 3.15. The van der Waals surface area contributed by atoms with Crippen molar-refractivity contribution in [3.05, 3.63) is 52.8 Å². The summed E-state index contributed by atoms with van der Waals surface area (Å²) < 4.78 is 15.3. The van der Waals surface area contributed by atoms with E-state index in [2.05, 4.69) is 15.5 Å². The van der Waals surface area contributed by atoms with E-state index >= 15 is 0 Å². The zero-order valence-electron chi connectivity index (χ0n) is 11.1. The first kappa shape index (κ1) is 13.5. The molecule has 0 radical (unpaired) electrons. The van der Waals surface area contributed by atoms with Gasteiger partial charge < -0.3 is 5.73 Å². The quantitative estimate of drug-likeness (QED) is 0.739. The van der Waals surface area contributed by atoms with Gasteiger partial charge in [-0.25, -0.2) is 4.39 Å². The van der Waals surface area contributed by atoms with Crippen molar-refractivity contribution in [3.8, 4) is 17.1 Å². The third-order valence-corrected chi connectivity index (χ3v) is 3.45. The molecule has 21 heavy (non-hydrogen) atoms. The largest absolute Gasteiger partial charge is 0.399 e. The molecule has 1 aromatic heterocycles. The van der Waals surface area contributed by atoms with Crippen LogP contribution in [0.1, 0.15) is 5.56 Å². The molecule has 0 saturated carbocycles. The van der Waals surface area contributed by atoms with Crippen molar-refractivity contribution >= 4 is 17.3 Å². The summed E-state index contributed by atoms with van der Waals surface area (Å²) in [5.41, 5.74) is 8.21. The molecule has 1 heterocycles. The van der Waals surface area contributed by atoms with Crippen molar-refractivity contribution in [3.63, 3.8) is 0 Å². The van der Waals surface area contributed by atoms with E-state index in [0.29, 0.717) is 11.5 Å². The zero-order chi connectivity index (χ0) is 15.0. The number of nitrogen functional groups attached to an aromatic ring is 1. The molecule has 2 N–H and O–H groups in total. The normalized spacial score (nSPS) is 10.8. The molecule has 0 spiro atoms. The molecule has 0 unspecified atom stereocenters. The van der Waals surface area contributed by atoms with Crippen LogP contribution in [-0.2, 0) is 0 Å². The van der Waals surface area contributed by atoms with E-state index < -0.39 is 5.82 Å². The van der Waals surface area contributed by atoms with Crippen molar-refractivity contribution in [2.45, 2.75) is 6.92 Å². The number of hydrogen-bond donors (Lipinski definition) is 1. The van der Waals surface area contributed by atoms with Gasteiger partial charge in [0.15, 0.2) is 11.6 Å². The number of rotatable bonds is 2. The molecule has 3 aromatic rings. The van der Waals surface area contributed by atoms with E-state index in [1.165, 1.54) is 16.8 Å². The first-order valence-electron chi connectivity index (χ1n) is 6.17. The predicted molar refractivity (Wildman–Crippen MR) is 78.7 cm³/mol. The molecule has 0 aliphatic heterocycles. The van der Waals surface area contributed by atoms with Gasteiger partial charge in [-0.15, -0.1) is 5.10 Å². The standard InChI is InChI=1S/C14H11ClFN5/c1-8-7-9(5-6-12(8)17)14-18-19-20-21(14)13-10(15)3-2-4-11(13)16/h2-7H,17H2,1H3. The van der Waals surface area contributed by atoms with Crippen molar-refractivity contribution in [2.24, 2.45) is 0 Å². The minimum Gasteiger partial charge on any atom is -0.399 e. The van der Waals surface area contributed by atoms with Crippen molar-refractivity contribution < 1.29 is 4.39 Å². The number of nitrogens with zero attached hydrogens (tertiary/aromatic N) is 4. The van der Waals surface area contributed by atoms with Crippen LogP contribution in [0.15, 0.2) is 36.4 Å². The number of aryl methyl sites for hydroxylation is 1. The van der Waals surface area contributed by atoms with E-state index in [-0.39, 0.29) is 10.7 Å². The Bertz CT molecular complexity index is 795. The van der Waals surface area contributed by atoms with Gasteiger partial charge in [0.05, 0.1) is 5.02 Å². The molecule has 0 aliphatic carbocycles.